The van der Waals surface area contributed by atoms with Crippen LogP contribution in [0.1, 0.15) is 6.92 Å². The van der Waals surface area contributed by atoms with Crippen LogP contribution in [0.5, 0.6) is 11.5 Å². The smallest absolute Gasteiger partial charge is 0.236 e. The van der Waals surface area contributed by atoms with Gasteiger partial charge in [-0.25, -0.2) is 0 Å². The number of benzene rings is 1. The molecule has 1 amide bonds. The van der Waals surface area contributed by atoms with Gasteiger partial charge in [-0.2, -0.15) is 0 Å². The summed E-state index contributed by atoms with van der Waals surface area (Å²) in [5, 5.41) is 11.3. The van der Waals surface area contributed by atoms with Gasteiger partial charge in [0.25, 0.3) is 0 Å². The molecule has 3 rings (SSSR count). The van der Waals surface area contributed by atoms with E-state index in [4.69, 9.17) is 9.47 Å². The van der Waals surface area contributed by atoms with Gasteiger partial charge in [-0.05, 0) is 24.0 Å². The van der Waals surface area contributed by atoms with Gasteiger partial charge >= 0.3 is 0 Å². The molecule has 0 atom stereocenters. The maximum atomic E-state index is 12.0. The van der Waals surface area contributed by atoms with Crippen LogP contribution >= 0.6 is 34.9 Å². The molecule has 0 spiro atoms. The summed E-state index contributed by atoms with van der Waals surface area (Å²) in [6.45, 7) is 3.17. The van der Waals surface area contributed by atoms with Crippen LogP contribution in [-0.4, -0.2) is 40.8 Å². The van der Waals surface area contributed by atoms with E-state index in [0.29, 0.717) is 24.1 Å². The maximum absolute atomic E-state index is 12.0. The van der Waals surface area contributed by atoms with Gasteiger partial charge in [-0.3, -0.25) is 10.1 Å². The van der Waals surface area contributed by atoms with E-state index in [0.717, 1.165) is 26.5 Å². The maximum Gasteiger partial charge on any atom is 0.236 e. The summed E-state index contributed by atoms with van der Waals surface area (Å²) in [4.78, 5) is 12.9. The molecular weight excluding hydrogens is 354 g/mol. The number of hydrogen-bond acceptors (Lipinski definition) is 8. The molecule has 1 aliphatic heterocycles. The molecule has 2 heterocycles. The Hall–Kier alpha value is -1.45. The minimum atomic E-state index is -0.103. The molecule has 1 aliphatic rings. The Morgan fingerprint density at radius 1 is 1.26 bits per heavy atom. The Kier molecular flexibility index (Phi) is 5.63. The second-order valence-electron chi connectivity index (χ2n) is 4.45. The highest BCUT2D eigenvalue weighted by molar-refractivity contribution is 8.01. The van der Waals surface area contributed by atoms with Gasteiger partial charge < -0.3 is 9.47 Å². The fourth-order valence-electron chi connectivity index (χ4n) is 1.86. The first-order valence-electron chi connectivity index (χ1n) is 7.03. The number of ether oxygens (including phenoxy) is 2. The third-order valence-corrected chi connectivity index (χ3v) is 5.65. The van der Waals surface area contributed by atoms with Crippen LogP contribution < -0.4 is 14.8 Å². The van der Waals surface area contributed by atoms with Crippen molar-refractivity contribution in [2.24, 2.45) is 0 Å². The molecule has 0 saturated carbocycles. The van der Waals surface area contributed by atoms with E-state index in [9.17, 15) is 4.79 Å². The molecule has 0 unspecified atom stereocenters. The minimum absolute atomic E-state index is 0.103. The van der Waals surface area contributed by atoms with Gasteiger partial charge in [-0.1, -0.05) is 30.0 Å². The highest BCUT2D eigenvalue weighted by atomic mass is 32.2. The molecule has 6 nitrogen and oxygen atoms in total. The van der Waals surface area contributed by atoms with Gasteiger partial charge in [0.2, 0.25) is 11.0 Å². The molecule has 9 heteroatoms. The fourth-order valence-corrected chi connectivity index (χ4v) is 4.25. The summed E-state index contributed by atoms with van der Waals surface area (Å²) < 4.78 is 11.9. The zero-order chi connectivity index (χ0) is 16.1. The second-order valence-corrected chi connectivity index (χ2v) is 7.99. The van der Waals surface area contributed by atoms with Crippen molar-refractivity contribution in [1.29, 1.82) is 0 Å². The summed E-state index contributed by atoms with van der Waals surface area (Å²) in [6.07, 6.45) is 0. The standard InChI is InChI=1S/C14H15N3O3S3/c1-2-21-14-17-16-13(23-14)15-12(18)8-22-9-3-4-10-11(7-9)20-6-5-19-10/h3-4,7H,2,5-6,8H2,1H3,(H,15,16,18). The lowest BCUT2D eigenvalue weighted by Crippen LogP contribution is -2.15. The molecule has 23 heavy (non-hydrogen) atoms. The molecule has 0 radical (unpaired) electrons. The van der Waals surface area contributed by atoms with Crippen molar-refractivity contribution < 1.29 is 14.3 Å². The Labute approximate surface area is 146 Å². The summed E-state index contributed by atoms with van der Waals surface area (Å²) in [6, 6.07) is 5.69. The number of anilines is 1. The minimum Gasteiger partial charge on any atom is -0.486 e. The van der Waals surface area contributed by atoms with Gasteiger partial charge in [0.05, 0.1) is 5.75 Å². The van der Waals surface area contributed by atoms with Gasteiger partial charge in [0.15, 0.2) is 15.8 Å². The number of nitrogens with zero attached hydrogens (tertiary/aromatic N) is 2. The number of rotatable bonds is 6. The summed E-state index contributed by atoms with van der Waals surface area (Å²) >= 11 is 4.44. The molecule has 1 aromatic heterocycles. The van der Waals surface area contributed by atoms with E-state index >= 15 is 0 Å². The van der Waals surface area contributed by atoms with E-state index in [-0.39, 0.29) is 5.91 Å². The Morgan fingerprint density at radius 3 is 2.91 bits per heavy atom. The van der Waals surface area contributed by atoms with Crippen LogP contribution in [-0.2, 0) is 4.79 Å². The number of aromatic nitrogens is 2. The molecule has 1 N–H and O–H groups in total. The largest absolute Gasteiger partial charge is 0.486 e. The highest BCUT2D eigenvalue weighted by Crippen LogP contribution is 2.34. The second kappa shape index (κ2) is 7.89. The molecule has 1 aromatic carbocycles. The normalized spacial score (nSPS) is 12.9. The number of carbonyl (C=O) groups excluding carboxylic acids is 1. The molecular formula is C14H15N3O3S3. The monoisotopic (exact) mass is 369 g/mol. The molecule has 0 bridgehead atoms. The number of amides is 1. The third kappa shape index (κ3) is 4.52. The topological polar surface area (TPSA) is 73.3 Å². The van der Waals surface area contributed by atoms with Crippen LogP contribution in [0, 0.1) is 0 Å². The zero-order valence-corrected chi connectivity index (χ0v) is 14.9. The third-order valence-electron chi connectivity index (χ3n) is 2.80. The van der Waals surface area contributed by atoms with Crippen molar-refractivity contribution in [2.45, 2.75) is 16.2 Å². The first-order chi connectivity index (χ1) is 11.2. The van der Waals surface area contributed by atoms with Gasteiger partial charge in [0.1, 0.15) is 13.2 Å². The lowest BCUT2D eigenvalue weighted by atomic mass is 10.3. The summed E-state index contributed by atoms with van der Waals surface area (Å²) in [5.74, 6) is 2.61. The Balaban J connectivity index is 1.52. The Bertz CT molecular complexity index is 693. The first kappa shape index (κ1) is 16.4. The van der Waals surface area contributed by atoms with Crippen LogP contribution in [0.4, 0.5) is 5.13 Å². The number of nitrogens with one attached hydrogen (secondary N) is 1. The van der Waals surface area contributed by atoms with Gasteiger partial charge in [-0.15, -0.1) is 22.0 Å². The van der Waals surface area contributed by atoms with E-state index < -0.39 is 0 Å². The van der Waals surface area contributed by atoms with Crippen LogP contribution in [0.2, 0.25) is 0 Å². The van der Waals surface area contributed by atoms with Gasteiger partial charge in [0, 0.05) is 4.90 Å². The lowest BCUT2D eigenvalue weighted by molar-refractivity contribution is -0.113. The van der Waals surface area contributed by atoms with Crippen LogP contribution in [0.3, 0.4) is 0 Å². The van der Waals surface area contributed by atoms with Crippen molar-refractivity contribution in [3.63, 3.8) is 0 Å². The van der Waals surface area contributed by atoms with Crippen molar-refractivity contribution in [2.75, 3.05) is 30.0 Å². The SMILES string of the molecule is CCSc1nnc(NC(=O)CSc2ccc3c(c2)OCCO3)s1. The molecule has 0 saturated heterocycles. The average Bonchev–Trinajstić information content (AvgIpc) is 3.00. The number of thioether (sulfide) groups is 2. The predicted molar refractivity (Wildman–Crippen MR) is 93.1 cm³/mol. The highest BCUT2D eigenvalue weighted by Gasteiger charge is 2.13. The van der Waals surface area contributed by atoms with Crippen LogP contribution in [0.15, 0.2) is 27.4 Å². The summed E-state index contributed by atoms with van der Waals surface area (Å²) in [5.41, 5.74) is 0. The van der Waals surface area contributed by atoms with E-state index in [1.807, 2.05) is 25.1 Å². The van der Waals surface area contributed by atoms with Crippen molar-refractivity contribution in [1.82, 2.24) is 10.2 Å². The lowest BCUT2D eigenvalue weighted by Gasteiger charge is -2.18. The van der Waals surface area contributed by atoms with Crippen molar-refractivity contribution >= 4 is 45.9 Å². The molecule has 0 fully saturated rings. The molecule has 2 aromatic rings. The quantitative estimate of drug-likeness (QED) is 0.619. The number of carbonyl (C=O) groups is 1. The number of fused-ring (bicyclic) bond motifs is 1. The van der Waals surface area contributed by atoms with Crippen molar-refractivity contribution in [3.05, 3.63) is 18.2 Å². The van der Waals surface area contributed by atoms with E-state index in [1.54, 1.807) is 11.8 Å². The molecule has 0 aliphatic carbocycles. The van der Waals surface area contributed by atoms with E-state index in [2.05, 4.69) is 15.5 Å². The zero-order valence-electron chi connectivity index (χ0n) is 12.4. The number of hydrogen-bond donors (Lipinski definition) is 1. The fraction of sp³-hybridized carbons (Fsp3) is 0.357. The van der Waals surface area contributed by atoms with Crippen LogP contribution in [0.25, 0.3) is 0 Å². The van der Waals surface area contributed by atoms with E-state index in [1.165, 1.54) is 23.1 Å². The summed E-state index contributed by atoms with van der Waals surface area (Å²) in [7, 11) is 0. The average molecular weight is 369 g/mol. The predicted octanol–water partition coefficient (Wildman–Crippen LogP) is 3.15. The van der Waals surface area contributed by atoms with Crippen molar-refractivity contribution in [3.8, 4) is 11.5 Å². The molecule has 122 valence electrons. The first-order valence-corrected chi connectivity index (χ1v) is 9.82. The Morgan fingerprint density at radius 2 is 2.09 bits per heavy atom.